The molecule has 0 aromatic rings. The molecule has 1 unspecified atom stereocenters. The summed E-state index contributed by atoms with van der Waals surface area (Å²) in [6.45, 7) is 11.0. The second-order valence-electron chi connectivity index (χ2n) is 4.05. The van der Waals surface area contributed by atoms with Gasteiger partial charge in [-0.25, -0.2) is 4.79 Å². The van der Waals surface area contributed by atoms with E-state index in [1.807, 2.05) is 0 Å². The Morgan fingerprint density at radius 1 is 1.31 bits per heavy atom. The van der Waals surface area contributed by atoms with Gasteiger partial charge in [0.2, 0.25) is 0 Å². The number of rotatable bonds is 9. The van der Waals surface area contributed by atoms with E-state index in [1.54, 1.807) is 6.92 Å². The van der Waals surface area contributed by atoms with E-state index in [1.165, 1.54) is 12.8 Å². The standard InChI is InChI=1S/C13H24O3/c1-5-7-12(6-2)10-15-8-9-16-13(14)11(3)4/h12H,3,5-10H2,1-2,4H3. The lowest BCUT2D eigenvalue weighted by Gasteiger charge is -2.13. The molecule has 0 amide bonds. The first-order chi connectivity index (χ1) is 7.61. The Kier molecular flexibility index (Phi) is 8.91. The van der Waals surface area contributed by atoms with Crippen molar-refractivity contribution in [2.45, 2.75) is 40.0 Å². The van der Waals surface area contributed by atoms with Crippen molar-refractivity contribution in [1.29, 1.82) is 0 Å². The molecule has 0 spiro atoms. The van der Waals surface area contributed by atoms with Gasteiger partial charge in [-0.05, 0) is 19.3 Å². The summed E-state index contributed by atoms with van der Waals surface area (Å²) in [6.07, 6.45) is 3.52. The van der Waals surface area contributed by atoms with Gasteiger partial charge >= 0.3 is 5.97 Å². The van der Waals surface area contributed by atoms with Crippen molar-refractivity contribution in [3.63, 3.8) is 0 Å². The van der Waals surface area contributed by atoms with Gasteiger partial charge in [0.25, 0.3) is 0 Å². The van der Waals surface area contributed by atoms with Crippen LogP contribution in [-0.2, 0) is 14.3 Å². The van der Waals surface area contributed by atoms with Crippen LogP contribution in [0.5, 0.6) is 0 Å². The van der Waals surface area contributed by atoms with Gasteiger partial charge < -0.3 is 9.47 Å². The highest BCUT2D eigenvalue weighted by Crippen LogP contribution is 2.10. The van der Waals surface area contributed by atoms with Crippen molar-refractivity contribution < 1.29 is 14.3 Å². The molecule has 0 aromatic carbocycles. The van der Waals surface area contributed by atoms with Crippen LogP contribution in [0.15, 0.2) is 12.2 Å². The molecule has 0 aliphatic rings. The smallest absolute Gasteiger partial charge is 0.333 e. The summed E-state index contributed by atoms with van der Waals surface area (Å²) in [5, 5.41) is 0. The average molecular weight is 228 g/mol. The van der Waals surface area contributed by atoms with Crippen LogP contribution in [0.1, 0.15) is 40.0 Å². The predicted octanol–water partition coefficient (Wildman–Crippen LogP) is 2.95. The first-order valence-electron chi connectivity index (χ1n) is 6.02. The highest BCUT2D eigenvalue weighted by atomic mass is 16.6. The van der Waals surface area contributed by atoms with Gasteiger partial charge in [-0.1, -0.05) is 33.3 Å². The molecule has 0 aliphatic heterocycles. The average Bonchev–Trinajstić information content (AvgIpc) is 2.26. The summed E-state index contributed by atoms with van der Waals surface area (Å²) in [7, 11) is 0. The third-order valence-electron chi connectivity index (χ3n) is 2.44. The molecule has 0 fully saturated rings. The quantitative estimate of drug-likeness (QED) is 0.346. The van der Waals surface area contributed by atoms with Crippen LogP contribution in [-0.4, -0.2) is 25.8 Å². The Balaban J connectivity index is 3.45. The molecule has 94 valence electrons. The molecule has 0 bridgehead atoms. The molecule has 3 heteroatoms. The number of carbonyl (C=O) groups excluding carboxylic acids is 1. The highest BCUT2D eigenvalue weighted by Gasteiger charge is 2.06. The van der Waals surface area contributed by atoms with Gasteiger partial charge in [-0.3, -0.25) is 0 Å². The molecule has 0 N–H and O–H groups in total. The van der Waals surface area contributed by atoms with E-state index in [4.69, 9.17) is 9.47 Å². The Hall–Kier alpha value is -0.830. The fourth-order valence-corrected chi connectivity index (χ4v) is 1.38. The Bertz CT molecular complexity index is 211. The summed E-state index contributed by atoms with van der Waals surface area (Å²) in [6, 6.07) is 0. The van der Waals surface area contributed by atoms with Gasteiger partial charge in [-0.15, -0.1) is 0 Å². The van der Waals surface area contributed by atoms with E-state index in [0.29, 0.717) is 24.7 Å². The minimum atomic E-state index is -0.343. The second-order valence-corrected chi connectivity index (χ2v) is 4.05. The van der Waals surface area contributed by atoms with Gasteiger partial charge in [0.05, 0.1) is 6.61 Å². The molecule has 0 rings (SSSR count). The molecule has 0 saturated carbocycles. The maximum Gasteiger partial charge on any atom is 0.333 e. The number of hydrogen-bond acceptors (Lipinski definition) is 3. The summed E-state index contributed by atoms with van der Waals surface area (Å²) < 4.78 is 10.4. The number of carbonyl (C=O) groups is 1. The molecule has 1 atom stereocenters. The zero-order chi connectivity index (χ0) is 12.4. The van der Waals surface area contributed by atoms with Crippen molar-refractivity contribution >= 4 is 5.97 Å². The van der Waals surface area contributed by atoms with Crippen LogP contribution < -0.4 is 0 Å². The van der Waals surface area contributed by atoms with Crippen molar-refractivity contribution in [2.75, 3.05) is 19.8 Å². The minimum Gasteiger partial charge on any atom is -0.460 e. The summed E-state index contributed by atoms with van der Waals surface area (Å²) >= 11 is 0. The van der Waals surface area contributed by atoms with E-state index in [-0.39, 0.29) is 5.97 Å². The van der Waals surface area contributed by atoms with Crippen molar-refractivity contribution in [1.82, 2.24) is 0 Å². The third kappa shape index (κ3) is 7.46. The van der Waals surface area contributed by atoms with Crippen LogP contribution in [0.4, 0.5) is 0 Å². The Morgan fingerprint density at radius 2 is 2.00 bits per heavy atom. The zero-order valence-electron chi connectivity index (χ0n) is 10.8. The maximum atomic E-state index is 11.0. The normalized spacial score (nSPS) is 12.2. The van der Waals surface area contributed by atoms with Crippen LogP contribution in [0.2, 0.25) is 0 Å². The lowest BCUT2D eigenvalue weighted by molar-refractivity contribution is -0.140. The van der Waals surface area contributed by atoms with Crippen LogP contribution in [0.25, 0.3) is 0 Å². The SMILES string of the molecule is C=C(C)C(=O)OCCOCC(CC)CCC. The van der Waals surface area contributed by atoms with Crippen LogP contribution in [0, 0.1) is 5.92 Å². The van der Waals surface area contributed by atoms with E-state index >= 15 is 0 Å². The van der Waals surface area contributed by atoms with Gasteiger partial charge in [0.15, 0.2) is 0 Å². The van der Waals surface area contributed by atoms with Crippen LogP contribution in [0.3, 0.4) is 0 Å². The molecular weight excluding hydrogens is 204 g/mol. The molecule has 16 heavy (non-hydrogen) atoms. The van der Waals surface area contributed by atoms with E-state index in [0.717, 1.165) is 13.0 Å². The maximum absolute atomic E-state index is 11.0. The fraction of sp³-hybridized carbons (Fsp3) is 0.769. The molecule has 3 nitrogen and oxygen atoms in total. The summed E-state index contributed by atoms with van der Waals surface area (Å²) in [5.41, 5.74) is 0.428. The minimum absolute atomic E-state index is 0.314. The van der Waals surface area contributed by atoms with E-state index in [2.05, 4.69) is 20.4 Å². The first kappa shape index (κ1) is 15.2. The number of ether oxygens (including phenoxy) is 2. The molecule has 0 saturated heterocycles. The molecule has 0 aromatic heterocycles. The van der Waals surface area contributed by atoms with Crippen LogP contribution >= 0.6 is 0 Å². The van der Waals surface area contributed by atoms with E-state index < -0.39 is 0 Å². The zero-order valence-corrected chi connectivity index (χ0v) is 10.8. The summed E-state index contributed by atoms with van der Waals surface area (Å²) in [4.78, 5) is 11.0. The third-order valence-corrected chi connectivity index (χ3v) is 2.44. The van der Waals surface area contributed by atoms with Crippen molar-refractivity contribution in [3.05, 3.63) is 12.2 Å². The van der Waals surface area contributed by atoms with E-state index in [9.17, 15) is 4.79 Å². The molecule has 0 heterocycles. The second kappa shape index (κ2) is 9.40. The summed E-state index contributed by atoms with van der Waals surface area (Å²) in [5.74, 6) is 0.283. The number of esters is 1. The van der Waals surface area contributed by atoms with Gasteiger partial charge in [0.1, 0.15) is 6.61 Å². The van der Waals surface area contributed by atoms with Gasteiger partial charge in [-0.2, -0.15) is 0 Å². The predicted molar refractivity (Wildman–Crippen MR) is 65.3 cm³/mol. The fourth-order valence-electron chi connectivity index (χ4n) is 1.38. The topological polar surface area (TPSA) is 35.5 Å². The van der Waals surface area contributed by atoms with Crippen molar-refractivity contribution in [2.24, 2.45) is 5.92 Å². The first-order valence-corrected chi connectivity index (χ1v) is 6.02. The number of hydrogen-bond donors (Lipinski definition) is 0. The molecule has 0 radical (unpaired) electrons. The Morgan fingerprint density at radius 3 is 2.50 bits per heavy atom. The lowest BCUT2D eigenvalue weighted by atomic mass is 10.0. The van der Waals surface area contributed by atoms with Gasteiger partial charge in [0, 0.05) is 12.2 Å². The van der Waals surface area contributed by atoms with Crippen molar-refractivity contribution in [3.8, 4) is 0 Å². The lowest BCUT2D eigenvalue weighted by Crippen LogP contribution is -2.14. The molecule has 0 aliphatic carbocycles. The Labute approximate surface area is 98.8 Å². The largest absolute Gasteiger partial charge is 0.460 e. The highest BCUT2D eigenvalue weighted by molar-refractivity contribution is 5.86. The molecular formula is C13H24O3. The monoisotopic (exact) mass is 228 g/mol.